The lowest BCUT2D eigenvalue weighted by Gasteiger charge is -2.41. The number of allylic oxidation sites excluding steroid dienone is 3. The summed E-state index contributed by atoms with van der Waals surface area (Å²) in [6.45, 7) is 16.9. The first-order chi connectivity index (χ1) is 20.5. The van der Waals surface area contributed by atoms with E-state index in [2.05, 4.69) is 63.1 Å². The van der Waals surface area contributed by atoms with Crippen molar-refractivity contribution >= 4 is 6.03 Å². The molecule has 1 aliphatic carbocycles. The van der Waals surface area contributed by atoms with Gasteiger partial charge in [-0.1, -0.05) is 58.3 Å². The van der Waals surface area contributed by atoms with Gasteiger partial charge < -0.3 is 29.5 Å². The third-order valence-electron chi connectivity index (χ3n) is 10.6. The number of ether oxygens (including phenoxy) is 3. The monoisotopic (exact) mass is 603 g/mol. The van der Waals surface area contributed by atoms with Crippen LogP contribution < -0.4 is 5.32 Å². The van der Waals surface area contributed by atoms with E-state index in [-0.39, 0.29) is 42.0 Å². The van der Waals surface area contributed by atoms with Gasteiger partial charge in [-0.3, -0.25) is 4.90 Å². The van der Waals surface area contributed by atoms with Gasteiger partial charge >= 0.3 is 6.03 Å². The number of piperazine rings is 1. The number of nitrogens with one attached hydrogen (secondary N) is 1. The summed E-state index contributed by atoms with van der Waals surface area (Å²) in [6, 6.07) is 0.782. The molecular weight excluding hydrogens is 542 g/mol. The zero-order valence-corrected chi connectivity index (χ0v) is 28.1. The summed E-state index contributed by atoms with van der Waals surface area (Å²) < 4.78 is 18.2. The number of epoxide rings is 1. The summed E-state index contributed by atoms with van der Waals surface area (Å²) in [5, 5.41) is 13.2. The molecule has 8 heteroatoms. The highest BCUT2D eigenvalue weighted by Gasteiger charge is 2.56. The lowest BCUT2D eigenvalue weighted by Crippen LogP contribution is -2.55. The van der Waals surface area contributed by atoms with E-state index in [9.17, 15) is 9.90 Å². The molecule has 8 nitrogen and oxygen atoms in total. The molecule has 0 spiro atoms. The molecule has 0 aromatic carbocycles. The first-order valence-electron chi connectivity index (χ1n) is 17.2. The Labute approximate surface area is 261 Å². The van der Waals surface area contributed by atoms with Crippen molar-refractivity contribution in [1.82, 2.24) is 15.1 Å². The number of rotatable bonds is 12. The largest absolute Gasteiger partial charge is 0.391 e. The molecule has 9 atom stereocenters. The standard InChI is InChI=1S/C35H61N3O5/c1-24(22-35(6)33(43-35)27(4)32(41-7)28(5)39)12-11-13-25(2)31-26(3)16-17-30(42-31)23-36-34(40)38-20-18-37(19-21-38)29-14-9-8-10-15-29/h11-13,24,26-33,39H,8-10,14-23H2,1-7H3,(H,36,40)/b12-11+,25-13+/t24-,26+,27-,28-,30-,31-,32-,33-,35-/m1/s1. The number of carbonyl (C=O) groups is 1. The van der Waals surface area contributed by atoms with Gasteiger partial charge in [-0.25, -0.2) is 4.79 Å². The minimum Gasteiger partial charge on any atom is -0.391 e. The zero-order valence-electron chi connectivity index (χ0n) is 28.1. The molecule has 1 saturated carbocycles. The number of methoxy groups -OCH3 is 1. The molecule has 2 N–H and O–H groups in total. The molecule has 3 saturated heterocycles. The summed E-state index contributed by atoms with van der Waals surface area (Å²) in [7, 11) is 1.66. The first-order valence-corrected chi connectivity index (χ1v) is 17.2. The minimum atomic E-state index is -0.522. The Morgan fingerprint density at radius 1 is 1.09 bits per heavy atom. The molecular formula is C35H61N3O5. The van der Waals surface area contributed by atoms with E-state index in [0.29, 0.717) is 18.4 Å². The van der Waals surface area contributed by atoms with Crippen LogP contribution >= 0.6 is 0 Å². The molecule has 4 aliphatic rings. The van der Waals surface area contributed by atoms with Crippen LogP contribution in [0.15, 0.2) is 23.8 Å². The second-order valence-electron chi connectivity index (χ2n) is 14.4. The number of hydrogen-bond donors (Lipinski definition) is 2. The molecule has 0 unspecified atom stereocenters. The maximum Gasteiger partial charge on any atom is 0.317 e. The number of amides is 2. The normalized spacial score (nSPS) is 34.1. The molecule has 4 rings (SSSR count). The Morgan fingerprint density at radius 2 is 1.79 bits per heavy atom. The number of urea groups is 1. The molecule has 4 fully saturated rings. The lowest BCUT2D eigenvalue weighted by atomic mass is 9.85. The van der Waals surface area contributed by atoms with E-state index < -0.39 is 6.10 Å². The van der Waals surface area contributed by atoms with Crippen molar-refractivity contribution in [3.63, 3.8) is 0 Å². The van der Waals surface area contributed by atoms with Gasteiger partial charge in [0.15, 0.2) is 0 Å². The fourth-order valence-corrected chi connectivity index (χ4v) is 8.07. The molecule has 3 heterocycles. The van der Waals surface area contributed by atoms with Gasteiger partial charge in [0.2, 0.25) is 0 Å². The Bertz CT molecular complexity index is 942. The average molecular weight is 604 g/mol. The Kier molecular flexibility index (Phi) is 12.6. The van der Waals surface area contributed by atoms with Gasteiger partial charge in [-0.05, 0) is 70.3 Å². The van der Waals surface area contributed by atoms with Crippen molar-refractivity contribution in [2.75, 3.05) is 39.8 Å². The first kappa shape index (κ1) is 34.4. The van der Waals surface area contributed by atoms with E-state index >= 15 is 0 Å². The number of aliphatic hydroxyl groups is 1. The smallest absolute Gasteiger partial charge is 0.317 e. The van der Waals surface area contributed by atoms with Crippen LogP contribution in [0.5, 0.6) is 0 Å². The van der Waals surface area contributed by atoms with Crippen LogP contribution in [0, 0.1) is 17.8 Å². The molecule has 0 bridgehead atoms. The van der Waals surface area contributed by atoms with Crippen LogP contribution in [-0.2, 0) is 14.2 Å². The topological polar surface area (TPSA) is 86.8 Å². The number of hydrogen-bond acceptors (Lipinski definition) is 6. The summed E-state index contributed by atoms with van der Waals surface area (Å²) in [6.07, 6.45) is 15.8. The van der Waals surface area contributed by atoms with Gasteiger partial charge in [0, 0.05) is 51.8 Å². The highest BCUT2D eigenvalue weighted by atomic mass is 16.6. The second kappa shape index (κ2) is 15.7. The predicted octanol–water partition coefficient (Wildman–Crippen LogP) is 5.55. The fraction of sp³-hybridized carbons (Fsp3) is 0.857. The van der Waals surface area contributed by atoms with Crippen LogP contribution in [0.25, 0.3) is 0 Å². The van der Waals surface area contributed by atoms with E-state index in [1.807, 2.05) is 4.90 Å². The zero-order chi connectivity index (χ0) is 31.1. The van der Waals surface area contributed by atoms with Crippen molar-refractivity contribution in [1.29, 1.82) is 0 Å². The van der Waals surface area contributed by atoms with Gasteiger partial charge in [-0.2, -0.15) is 0 Å². The maximum absolute atomic E-state index is 12.9. The van der Waals surface area contributed by atoms with E-state index in [0.717, 1.165) is 51.5 Å². The number of nitrogens with zero attached hydrogens (tertiary/aromatic N) is 2. The molecule has 3 aliphatic heterocycles. The van der Waals surface area contributed by atoms with Crippen LogP contribution in [0.3, 0.4) is 0 Å². The van der Waals surface area contributed by atoms with E-state index in [1.165, 1.54) is 37.7 Å². The summed E-state index contributed by atoms with van der Waals surface area (Å²) in [5.74, 6) is 0.939. The molecule has 246 valence electrons. The Morgan fingerprint density at radius 3 is 2.44 bits per heavy atom. The van der Waals surface area contributed by atoms with Crippen molar-refractivity contribution < 1.29 is 24.1 Å². The summed E-state index contributed by atoms with van der Waals surface area (Å²) >= 11 is 0. The van der Waals surface area contributed by atoms with Crippen LogP contribution in [-0.4, -0.2) is 103 Å². The van der Waals surface area contributed by atoms with Gasteiger partial charge in [0.25, 0.3) is 0 Å². The van der Waals surface area contributed by atoms with Crippen molar-refractivity contribution in [2.24, 2.45) is 17.8 Å². The molecule has 0 aromatic rings. The highest BCUT2D eigenvalue weighted by Crippen LogP contribution is 2.47. The molecule has 0 aromatic heterocycles. The van der Waals surface area contributed by atoms with E-state index in [1.54, 1.807) is 14.0 Å². The third kappa shape index (κ3) is 9.29. The van der Waals surface area contributed by atoms with Crippen molar-refractivity contribution in [2.45, 2.75) is 135 Å². The van der Waals surface area contributed by atoms with Gasteiger partial charge in [-0.15, -0.1) is 0 Å². The van der Waals surface area contributed by atoms with E-state index in [4.69, 9.17) is 14.2 Å². The van der Waals surface area contributed by atoms with Crippen molar-refractivity contribution in [3.05, 3.63) is 23.8 Å². The summed E-state index contributed by atoms with van der Waals surface area (Å²) in [5.41, 5.74) is 1.04. The quantitative estimate of drug-likeness (QED) is 0.225. The molecule has 2 amide bonds. The second-order valence-corrected chi connectivity index (χ2v) is 14.4. The van der Waals surface area contributed by atoms with Gasteiger partial charge in [0.1, 0.15) is 0 Å². The summed E-state index contributed by atoms with van der Waals surface area (Å²) in [4.78, 5) is 17.5. The average Bonchev–Trinajstić information content (AvgIpc) is 3.67. The van der Waals surface area contributed by atoms with Crippen LogP contribution in [0.4, 0.5) is 4.79 Å². The predicted molar refractivity (Wildman–Crippen MR) is 172 cm³/mol. The lowest BCUT2D eigenvalue weighted by molar-refractivity contribution is -0.0570. The maximum atomic E-state index is 12.9. The minimum absolute atomic E-state index is 0.0448. The third-order valence-corrected chi connectivity index (χ3v) is 10.6. The SMILES string of the molecule is CO[C@H]([C@@H](C)[C@H]1O[C@]1(C)C[C@H](C)/C=C/C=C(\C)[C@H]1O[C@@H](CNC(=O)N2CCN(C3CCCCC3)CC2)CC[C@@H]1C)[C@@H](C)O. The van der Waals surface area contributed by atoms with Crippen LogP contribution in [0.2, 0.25) is 0 Å². The fourth-order valence-electron chi connectivity index (χ4n) is 8.07. The van der Waals surface area contributed by atoms with Crippen molar-refractivity contribution in [3.8, 4) is 0 Å². The highest BCUT2D eigenvalue weighted by molar-refractivity contribution is 5.74. The van der Waals surface area contributed by atoms with Crippen LogP contribution in [0.1, 0.15) is 92.9 Å². The molecule has 43 heavy (non-hydrogen) atoms. The molecule has 0 radical (unpaired) electrons. The Hall–Kier alpha value is -1.45. The number of aliphatic hydroxyl groups excluding tert-OH is 1. The van der Waals surface area contributed by atoms with Gasteiger partial charge in [0.05, 0.1) is 36.1 Å². The number of carbonyl (C=O) groups excluding carboxylic acids is 1. The Balaban J connectivity index is 1.19.